The highest BCUT2D eigenvalue weighted by Gasteiger charge is 2.14. The monoisotopic (exact) mass is 832 g/mol. The molecule has 0 aromatic heterocycles. The Morgan fingerprint density at radius 1 is 0.516 bits per heavy atom. The lowest BCUT2D eigenvalue weighted by Crippen LogP contribution is -2.21. The largest absolute Gasteiger partial charge is 0.295 e. The van der Waals surface area contributed by atoms with Crippen LogP contribution in [-0.4, -0.2) is 11.9 Å². The molecule has 1 heteroatoms. The van der Waals surface area contributed by atoms with Crippen LogP contribution in [0.4, 0.5) is 0 Å². The van der Waals surface area contributed by atoms with Crippen molar-refractivity contribution < 1.29 is 0 Å². The van der Waals surface area contributed by atoms with Crippen LogP contribution in [0.25, 0.3) is 44.5 Å². The molecule has 0 aliphatic carbocycles. The third-order valence-electron chi connectivity index (χ3n) is 9.78. The summed E-state index contributed by atoms with van der Waals surface area (Å²) in [4.78, 5) is 2.41. The average molecular weight is 832 g/mol. The van der Waals surface area contributed by atoms with Gasteiger partial charge in [0.15, 0.2) is 0 Å². The molecule has 0 saturated heterocycles. The zero-order valence-corrected chi connectivity index (χ0v) is 41.6. The predicted molar refractivity (Wildman–Crippen MR) is 286 cm³/mol. The van der Waals surface area contributed by atoms with Gasteiger partial charge in [0, 0.05) is 12.6 Å². The van der Waals surface area contributed by atoms with Crippen molar-refractivity contribution in [1.82, 2.24) is 4.90 Å². The molecule has 2 unspecified atom stereocenters. The van der Waals surface area contributed by atoms with Crippen molar-refractivity contribution in [1.29, 1.82) is 0 Å². The van der Waals surface area contributed by atoms with Crippen molar-refractivity contribution in [3.63, 3.8) is 0 Å². The zero-order chi connectivity index (χ0) is 47.3. The summed E-state index contributed by atoms with van der Waals surface area (Å²) in [7, 11) is 2.20. The van der Waals surface area contributed by atoms with Gasteiger partial charge in [0.25, 0.3) is 0 Å². The molecule has 6 aromatic rings. The van der Waals surface area contributed by atoms with E-state index in [9.17, 15) is 0 Å². The standard InChI is InChI=1S/C40H35N.C7H14.C4H8.4C2H6.C2H4/c1-30(32-16-5-3-6-17-32)41(2)29-31-15-13-20-34(27-31)35-21-14-22-36(28-35)38-24-10-12-26-40(38)39-25-11-9-23-37(39)33-18-7-4-8-19-33;1-5-7(4)6(2)3;1-3-4-2;5*1-2/h3-28,30H,29H2,1-2H3;7H,2,5H2,1,3-4H3;3H,1,4H2,2H3;4*1-2H3;1-2H2. The topological polar surface area (TPSA) is 3.24 Å². The molecular weight excluding hydrogens is 747 g/mol. The van der Waals surface area contributed by atoms with Crippen LogP contribution in [0.5, 0.6) is 0 Å². The number of hydrogen-bond donors (Lipinski definition) is 0. The van der Waals surface area contributed by atoms with Gasteiger partial charge in [-0.1, -0.05) is 240 Å². The molecule has 334 valence electrons. The Labute approximate surface area is 383 Å². The van der Waals surface area contributed by atoms with Crippen LogP contribution < -0.4 is 0 Å². The van der Waals surface area contributed by atoms with Crippen LogP contribution in [0.3, 0.4) is 0 Å². The maximum atomic E-state index is 3.83. The fraction of sp³-hybridized carbons (Fsp3) is 0.311. The maximum Gasteiger partial charge on any atom is 0.0320 e. The molecule has 0 N–H and O–H groups in total. The Balaban J connectivity index is 0. The Kier molecular flexibility index (Phi) is 35.2. The quantitative estimate of drug-likeness (QED) is 0.118. The lowest BCUT2D eigenvalue weighted by atomic mass is 9.88. The van der Waals surface area contributed by atoms with Crippen molar-refractivity contribution in [2.45, 2.75) is 115 Å². The zero-order valence-electron chi connectivity index (χ0n) is 41.6. The molecule has 6 aromatic carbocycles. The molecule has 2 atom stereocenters. The summed E-state index contributed by atoms with van der Waals surface area (Å²) in [6, 6.07) is 57.2. The highest BCUT2D eigenvalue weighted by molar-refractivity contribution is 5.92. The van der Waals surface area contributed by atoms with Crippen LogP contribution in [0.1, 0.15) is 120 Å². The van der Waals surface area contributed by atoms with E-state index in [-0.39, 0.29) is 0 Å². The first kappa shape index (κ1) is 58.6. The van der Waals surface area contributed by atoms with Gasteiger partial charge in [-0.2, -0.15) is 0 Å². The van der Waals surface area contributed by atoms with Gasteiger partial charge in [0.05, 0.1) is 0 Å². The molecule has 0 spiro atoms. The minimum absolute atomic E-state index is 0.346. The van der Waals surface area contributed by atoms with Crippen molar-refractivity contribution in [2.75, 3.05) is 7.05 Å². The fourth-order valence-electron chi connectivity index (χ4n) is 6.03. The molecule has 0 aliphatic heterocycles. The van der Waals surface area contributed by atoms with Crippen molar-refractivity contribution in [3.8, 4) is 44.5 Å². The molecule has 0 radical (unpaired) electrons. The van der Waals surface area contributed by atoms with Crippen LogP contribution in [-0.2, 0) is 6.54 Å². The SMILES string of the molecule is C=C.C=C(C)C(C)CC.C=CCC.CC.CC.CC.CC.CC(c1ccccc1)N(C)Cc1cccc(-c2cccc(-c3ccccc3-c3ccccc3-c3ccccc3)c2)c1. The molecule has 6 rings (SSSR count). The van der Waals surface area contributed by atoms with E-state index >= 15 is 0 Å². The third-order valence-corrected chi connectivity index (χ3v) is 9.78. The second kappa shape index (κ2) is 37.3. The molecule has 0 amide bonds. The Morgan fingerprint density at radius 2 is 0.887 bits per heavy atom. The van der Waals surface area contributed by atoms with E-state index in [1.165, 1.54) is 67.6 Å². The van der Waals surface area contributed by atoms with E-state index < -0.39 is 0 Å². The minimum atomic E-state index is 0.346. The van der Waals surface area contributed by atoms with Crippen molar-refractivity contribution in [2.24, 2.45) is 5.92 Å². The first-order valence-corrected chi connectivity index (χ1v) is 23.2. The maximum absolute atomic E-state index is 3.83. The normalized spacial score (nSPS) is 10.2. The minimum Gasteiger partial charge on any atom is -0.295 e. The van der Waals surface area contributed by atoms with Gasteiger partial charge in [-0.15, -0.1) is 19.7 Å². The number of allylic oxidation sites excluding steroid dienone is 2. The summed E-state index contributed by atoms with van der Waals surface area (Å²) in [5.74, 6) is 0.708. The third kappa shape index (κ3) is 20.4. The second-order valence-corrected chi connectivity index (χ2v) is 13.6. The smallest absolute Gasteiger partial charge is 0.0320 e. The van der Waals surface area contributed by atoms with Gasteiger partial charge in [-0.25, -0.2) is 0 Å². The van der Waals surface area contributed by atoms with Crippen LogP contribution >= 0.6 is 0 Å². The Bertz CT molecular complexity index is 1990. The Morgan fingerprint density at radius 3 is 1.32 bits per heavy atom. The van der Waals surface area contributed by atoms with E-state index in [4.69, 9.17) is 0 Å². The highest BCUT2D eigenvalue weighted by Crippen LogP contribution is 2.39. The van der Waals surface area contributed by atoms with Gasteiger partial charge in [0.2, 0.25) is 0 Å². The van der Waals surface area contributed by atoms with E-state index in [0.29, 0.717) is 12.0 Å². The second-order valence-electron chi connectivity index (χ2n) is 13.6. The summed E-state index contributed by atoms with van der Waals surface area (Å²) in [5, 5.41) is 0. The summed E-state index contributed by atoms with van der Waals surface area (Å²) in [6.07, 6.45) is 4.18. The number of benzene rings is 6. The number of hydrogen-bond acceptors (Lipinski definition) is 1. The van der Waals surface area contributed by atoms with Gasteiger partial charge in [-0.3, -0.25) is 4.90 Å². The summed E-state index contributed by atoms with van der Waals surface area (Å²) in [5.41, 5.74) is 13.9. The van der Waals surface area contributed by atoms with Crippen molar-refractivity contribution in [3.05, 3.63) is 207 Å². The lowest BCUT2D eigenvalue weighted by Gasteiger charge is -2.25. The van der Waals surface area contributed by atoms with Crippen molar-refractivity contribution >= 4 is 0 Å². The molecule has 0 aliphatic rings. The van der Waals surface area contributed by atoms with E-state index in [1.807, 2.05) is 61.5 Å². The lowest BCUT2D eigenvalue weighted by molar-refractivity contribution is 0.253. The van der Waals surface area contributed by atoms with Gasteiger partial charge >= 0.3 is 0 Å². The van der Waals surface area contributed by atoms with E-state index in [0.717, 1.165) is 13.0 Å². The Hall–Kier alpha value is -5.50. The fourth-order valence-corrected chi connectivity index (χ4v) is 6.03. The molecule has 0 saturated carbocycles. The number of nitrogens with zero attached hydrogens (tertiary/aromatic N) is 1. The average Bonchev–Trinajstić information content (AvgIpc) is 3.37. The molecular formula is C61H85N. The predicted octanol–water partition coefficient (Wildman–Crippen LogP) is 19.6. The summed E-state index contributed by atoms with van der Waals surface area (Å²) in [6.45, 7) is 41.0. The molecule has 62 heavy (non-hydrogen) atoms. The first-order chi connectivity index (χ1) is 30.3. The van der Waals surface area contributed by atoms with Crippen LogP contribution in [0, 0.1) is 5.92 Å². The number of rotatable bonds is 11. The van der Waals surface area contributed by atoms with Gasteiger partial charge in [0.1, 0.15) is 0 Å². The van der Waals surface area contributed by atoms with Crippen LogP contribution in [0.15, 0.2) is 196 Å². The molecule has 0 fully saturated rings. The van der Waals surface area contributed by atoms with E-state index in [2.05, 4.69) is 231 Å². The summed E-state index contributed by atoms with van der Waals surface area (Å²) < 4.78 is 0. The van der Waals surface area contributed by atoms with Crippen LogP contribution in [0.2, 0.25) is 0 Å². The van der Waals surface area contributed by atoms with Gasteiger partial charge < -0.3 is 0 Å². The first-order valence-electron chi connectivity index (χ1n) is 23.2. The highest BCUT2D eigenvalue weighted by atomic mass is 15.1. The molecule has 0 heterocycles. The molecule has 0 bridgehead atoms. The molecule has 1 nitrogen and oxygen atoms in total. The van der Waals surface area contributed by atoms with Gasteiger partial charge in [-0.05, 0) is 107 Å². The van der Waals surface area contributed by atoms with E-state index in [1.54, 1.807) is 0 Å². The summed E-state index contributed by atoms with van der Waals surface area (Å²) >= 11 is 0.